The molecule has 0 spiro atoms. The molecule has 0 unspecified atom stereocenters. The Balaban J connectivity index is 2.00. The standard InChI is InChI=1S/C14H12N4O/c1-18(14(19)10-5-4-8-15-9-10)13-11-6-2-3-7-12(11)16-17-13/h2-9H,1H3,(H,16,17). The summed E-state index contributed by atoms with van der Waals surface area (Å²) in [5.41, 5.74) is 1.44. The Morgan fingerprint density at radius 2 is 2.05 bits per heavy atom. The van der Waals surface area contributed by atoms with Crippen LogP contribution >= 0.6 is 0 Å². The number of carbonyl (C=O) groups excluding carboxylic acids is 1. The summed E-state index contributed by atoms with van der Waals surface area (Å²) in [6.07, 6.45) is 3.19. The molecule has 19 heavy (non-hydrogen) atoms. The predicted molar refractivity (Wildman–Crippen MR) is 73.1 cm³/mol. The van der Waals surface area contributed by atoms with E-state index in [1.165, 1.54) is 4.90 Å². The van der Waals surface area contributed by atoms with Crippen molar-refractivity contribution in [1.29, 1.82) is 0 Å². The minimum Gasteiger partial charge on any atom is -0.294 e. The van der Waals surface area contributed by atoms with Crippen LogP contribution < -0.4 is 4.90 Å². The Bertz CT molecular complexity index is 720. The molecule has 0 fully saturated rings. The molecule has 0 saturated heterocycles. The number of rotatable bonds is 2. The number of hydrogen-bond donors (Lipinski definition) is 1. The van der Waals surface area contributed by atoms with Gasteiger partial charge >= 0.3 is 0 Å². The molecule has 1 aromatic carbocycles. The summed E-state index contributed by atoms with van der Waals surface area (Å²) in [5, 5.41) is 8.04. The maximum absolute atomic E-state index is 12.3. The third kappa shape index (κ3) is 1.95. The Hall–Kier alpha value is -2.69. The van der Waals surface area contributed by atoms with Crippen LogP contribution in [-0.4, -0.2) is 28.1 Å². The van der Waals surface area contributed by atoms with Gasteiger partial charge in [-0.3, -0.25) is 19.8 Å². The molecule has 5 heteroatoms. The fourth-order valence-electron chi connectivity index (χ4n) is 1.98. The van der Waals surface area contributed by atoms with Crippen LogP contribution in [0.5, 0.6) is 0 Å². The van der Waals surface area contributed by atoms with Crippen LogP contribution in [0.15, 0.2) is 48.8 Å². The molecule has 0 aliphatic rings. The number of aromatic amines is 1. The Morgan fingerprint density at radius 1 is 1.21 bits per heavy atom. The number of nitrogens with one attached hydrogen (secondary N) is 1. The summed E-state index contributed by atoms with van der Waals surface area (Å²) in [6, 6.07) is 11.2. The van der Waals surface area contributed by atoms with Crippen molar-refractivity contribution >= 4 is 22.6 Å². The van der Waals surface area contributed by atoms with Crippen LogP contribution in [0, 0.1) is 0 Å². The van der Waals surface area contributed by atoms with Gasteiger partial charge in [0, 0.05) is 24.8 Å². The first kappa shape index (κ1) is 11.4. The van der Waals surface area contributed by atoms with Crippen LogP contribution in [0.25, 0.3) is 10.9 Å². The highest BCUT2D eigenvalue weighted by Crippen LogP contribution is 2.23. The summed E-state index contributed by atoms with van der Waals surface area (Å²) in [4.78, 5) is 17.8. The van der Waals surface area contributed by atoms with Crippen molar-refractivity contribution < 1.29 is 4.79 Å². The number of carbonyl (C=O) groups is 1. The third-order valence-electron chi connectivity index (χ3n) is 2.98. The van der Waals surface area contributed by atoms with Crippen molar-refractivity contribution in [3.8, 4) is 0 Å². The SMILES string of the molecule is CN(C(=O)c1cccnc1)c1n[nH]c2ccccc12. The lowest BCUT2D eigenvalue weighted by Gasteiger charge is -2.14. The molecule has 2 aromatic heterocycles. The van der Waals surface area contributed by atoms with E-state index in [0.29, 0.717) is 11.4 Å². The Labute approximate surface area is 109 Å². The second kappa shape index (κ2) is 4.53. The maximum atomic E-state index is 12.3. The summed E-state index contributed by atoms with van der Waals surface area (Å²) in [5.74, 6) is 0.481. The first-order valence-corrected chi connectivity index (χ1v) is 5.88. The second-order valence-corrected chi connectivity index (χ2v) is 4.20. The van der Waals surface area contributed by atoms with E-state index in [-0.39, 0.29) is 5.91 Å². The number of para-hydroxylation sites is 1. The van der Waals surface area contributed by atoms with E-state index in [4.69, 9.17) is 0 Å². The van der Waals surface area contributed by atoms with E-state index < -0.39 is 0 Å². The first-order chi connectivity index (χ1) is 9.27. The minimum atomic E-state index is -0.134. The van der Waals surface area contributed by atoms with Gasteiger partial charge in [0.2, 0.25) is 0 Å². The van der Waals surface area contributed by atoms with Crippen LogP contribution in [-0.2, 0) is 0 Å². The van der Waals surface area contributed by atoms with Crippen molar-refractivity contribution in [3.63, 3.8) is 0 Å². The number of amides is 1. The molecule has 0 radical (unpaired) electrons. The zero-order chi connectivity index (χ0) is 13.2. The average Bonchev–Trinajstić information content (AvgIpc) is 2.90. The van der Waals surface area contributed by atoms with E-state index in [1.54, 1.807) is 31.6 Å². The summed E-state index contributed by atoms with van der Waals surface area (Å²) in [7, 11) is 1.71. The van der Waals surface area contributed by atoms with Crippen molar-refractivity contribution in [2.75, 3.05) is 11.9 Å². The number of pyridine rings is 1. The molecule has 1 N–H and O–H groups in total. The largest absolute Gasteiger partial charge is 0.294 e. The van der Waals surface area contributed by atoms with Gasteiger partial charge in [0.25, 0.3) is 5.91 Å². The number of fused-ring (bicyclic) bond motifs is 1. The molecule has 0 aliphatic carbocycles. The third-order valence-corrected chi connectivity index (χ3v) is 2.98. The zero-order valence-electron chi connectivity index (χ0n) is 10.4. The molecular weight excluding hydrogens is 240 g/mol. The van der Waals surface area contributed by atoms with Gasteiger partial charge in [0.05, 0.1) is 11.1 Å². The van der Waals surface area contributed by atoms with Gasteiger partial charge in [-0.05, 0) is 24.3 Å². The van der Waals surface area contributed by atoms with Gasteiger partial charge < -0.3 is 0 Å². The lowest BCUT2D eigenvalue weighted by atomic mass is 10.2. The summed E-state index contributed by atoms with van der Waals surface area (Å²) in [6.45, 7) is 0. The van der Waals surface area contributed by atoms with Gasteiger partial charge in [-0.15, -0.1) is 0 Å². The van der Waals surface area contributed by atoms with Gasteiger partial charge in [-0.2, -0.15) is 5.10 Å². The normalized spacial score (nSPS) is 10.6. The van der Waals surface area contributed by atoms with Gasteiger partial charge in [0.1, 0.15) is 0 Å². The molecule has 2 heterocycles. The smallest absolute Gasteiger partial charge is 0.260 e. The Morgan fingerprint density at radius 3 is 2.84 bits per heavy atom. The molecule has 0 bridgehead atoms. The number of hydrogen-bond acceptors (Lipinski definition) is 3. The summed E-state index contributed by atoms with van der Waals surface area (Å²) < 4.78 is 0. The molecule has 3 rings (SSSR count). The lowest BCUT2D eigenvalue weighted by Crippen LogP contribution is -2.26. The highest BCUT2D eigenvalue weighted by Gasteiger charge is 2.17. The second-order valence-electron chi connectivity index (χ2n) is 4.20. The molecule has 3 aromatic rings. The highest BCUT2D eigenvalue weighted by molar-refractivity contribution is 6.08. The highest BCUT2D eigenvalue weighted by atomic mass is 16.2. The van der Waals surface area contributed by atoms with Crippen molar-refractivity contribution in [3.05, 3.63) is 54.4 Å². The molecule has 5 nitrogen and oxygen atoms in total. The van der Waals surface area contributed by atoms with Crippen LogP contribution in [0.3, 0.4) is 0 Å². The molecule has 1 amide bonds. The quantitative estimate of drug-likeness (QED) is 0.760. The molecule has 94 valence electrons. The topological polar surface area (TPSA) is 61.9 Å². The van der Waals surface area contributed by atoms with Crippen molar-refractivity contribution in [1.82, 2.24) is 15.2 Å². The Kier molecular flexibility index (Phi) is 2.72. The molecule has 0 atom stereocenters. The lowest BCUT2D eigenvalue weighted by molar-refractivity contribution is 0.0992. The fraction of sp³-hybridized carbons (Fsp3) is 0.0714. The molecular formula is C14H12N4O. The van der Waals surface area contributed by atoms with Crippen LogP contribution in [0.2, 0.25) is 0 Å². The van der Waals surface area contributed by atoms with Crippen molar-refractivity contribution in [2.45, 2.75) is 0 Å². The van der Waals surface area contributed by atoms with Gasteiger partial charge in [-0.1, -0.05) is 12.1 Å². The first-order valence-electron chi connectivity index (χ1n) is 5.88. The van der Waals surface area contributed by atoms with E-state index in [2.05, 4.69) is 15.2 Å². The number of anilines is 1. The fourth-order valence-corrected chi connectivity index (χ4v) is 1.98. The average molecular weight is 252 g/mol. The molecule has 0 saturated carbocycles. The number of H-pyrrole nitrogens is 1. The van der Waals surface area contributed by atoms with E-state index in [9.17, 15) is 4.79 Å². The zero-order valence-corrected chi connectivity index (χ0v) is 10.4. The maximum Gasteiger partial charge on any atom is 0.260 e. The number of nitrogens with zero attached hydrogens (tertiary/aromatic N) is 3. The molecule has 0 aliphatic heterocycles. The van der Waals surface area contributed by atoms with Gasteiger partial charge in [-0.25, -0.2) is 0 Å². The number of benzene rings is 1. The summed E-state index contributed by atoms with van der Waals surface area (Å²) >= 11 is 0. The van der Waals surface area contributed by atoms with E-state index in [0.717, 1.165) is 10.9 Å². The van der Waals surface area contributed by atoms with E-state index in [1.807, 2.05) is 24.3 Å². The van der Waals surface area contributed by atoms with Crippen LogP contribution in [0.1, 0.15) is 10.4 Å². The monoisotopic (exact) mass is 252 g/mol. The van der Waals surface area contributed by atoms with E-state index >= 15 is 0 Å². The van der Waals surface area contributed by atoms with Crippen LogP contribution in [0.4, 0.5) is 5.82 Å². The number of aromatic nitrogens is 3. The predicted octanol–water partition coefficient (Wildman–Crippen LogP) is 2.23. The van der Waals surface area contributed by atoms with Gasteiger partial charge in [0.15, 0.2) is 5.82 Å². The minimum absolute atomic E-state index is 0.134. The van der Waals surface area contributed by atoms with Crippen molar-refractivity contribution in [2.24, 2.45) is 0 Å².